The third-order valence-electron chi connectivity index (χ3n) is 5.32. The highest BCUT2D eigenvalue weighted by molar-refractivity contribution is 7.09. The Morgan fingerprint density at radius 2 is 2.00 bits per heavy atom. The molecule has 3 fully saturated rings. The quantitative estimate of drug-likeness (QED) is 0.767. The van der Waals surface area contributed by atoms with Crippen molar-refractivity contribution >= 4 is 23.3 Å². The first-order valence-corrected chi connectivity index (χ1v) is 9.68. The third kappa shape index (κ3) is 2.63. The number of carbonyl (C=O) groups excluding carboxylic acids is 2. The van der Waals surface area contributed by atoms with Gasteiger partial charge < -0.3 is 5.32 Å². The van der Waals surface area contributed by atoms with Gasteiger partial charge in [-0.25, -0.2) is 14.7 Å². The van der Waals surface area contributed by atoms with Crippen molar-refractivity contribution in [2.45, 2.75) is 51.1 Å². The van der Waals surface area contributed by atoms with Gasteiger partial charge in [0, 0.05) is 11.9 Å². The van der Waals surface area contributed by atoms with Crippen molar-refractivity contribution in [3.05, 3.63) is 16.1 Å². The third-order valence-corrected chi connectivity index (χ3v) is 6.36. The Bertz CT molecular complexity index is 653. The molecule has 130 valence electrons. The summed E-state index contributed by atoms with van der Waals surface area (Å²) in [6.07, 6.45) is 5.18. The summed E-state index contributed by atoms with van der Waals surface area (Å²) in [6, 6.07) is -0.224. The average Bonchev–Trinajstić information content (AvgIpc) is 3.47. The smallest absolute Gasteiger partial charge is 0.322 e. The Balaban J connectivity index is 1.44. The molecule has 2 saturated carbocycles. The first-order chi connectivity index (χ1) is 11.5. The van der Waals surface area contributed by atoms with Gasteiger partial charge in [0.1, 0.15) is 5.54 Å². The van der Waals surface area contributed by atoms with Crippen LogP contribution in [0.3, 0.4) is 0 Å². The minimum Gasteiger partial charge on any atom is -0.322 e. The number of aromatic nitrogens is 1. The Morgan fingerprint density at radius 3 is 2.54 bits per heavy atom. The van der Waals surface area contributed by atoms with E-state index in [0.717, 1.165) is 42.8 Å². The van der Waals surface area contributed by atoms with Gasteiger partial charge in [0.2, 0.25) is 0 Å². The molecular weight excluding hydrogens is 324 g/mol. The normalized spacial score (nSPS) is 23.2. The number of urea groups is 1. The summed E-state index contributed by atoms with van der Waals surface area (Å²) in [7, 11) is 1.93. The maximum absolute atomic E-state index is 13.0. The number of nitrogens with zero attached hydrogens (tertiary/aromatic N) is 3. The van der Waals surface area contributed by atoms with E-state index in [1.54, 1.807) is 11.3 Å². The van der Waals surface area contributed by atoms with Gasteiger partial charge in [-0.15, -0.1) is 11.3 Å². The largest absolute Gasteiger partial charge is 0.326 e. The molecular formula is C17H24N4O2S. The molecule has 2 heterocycles. The van der Waals surface area contributed by atoms with Gasteiger partial charge in [-0.05, 0) is 51.0 Å². The van der Waals surface area contributed by atoms with Crippen LogP contribution >= 0.6 is 11.3 Å². The van der Waals surface area contributed by atoms with Gasteiger partial charge in [0.15, 0.2) is 0 Å². The SMILES string of the molecule is CCc1nc(CN(C)CN2C(=O)NC(C3CC3)(C3CC3)C2=O)cs1. The number of carbonyl (C=O) groups is 2. The van der Waals surface area contributed by atoms with Crippen molar-refractivity contribution in [1.29, 1.82) is 0 Å². The van der Waals surface area contributed by atoms with Gasteiger partial charge in [-0.1, -0.05) is 6.92 Å². The van der Waals surface area contributed by atoms with Crippen LogP contribution in [0.2, 0.25) is 0 Å². The summed E-state index contributed by atoms with van der Waals surface area (Å²) in [4.78, 5) is 33.5. The van der Waals surface area contributed by atoms with E-state index in [-0.39, 0.29) is 11.9 Å². The summed E-state index contributed by atoms with van der Waals surface area (Å²) < 4.78 is 0. The zero-order valence-electron chi connectivity index (χ0n) is 14.2. The van der Waals surface area contributed by atoms with Crippen LogP contribution in [0.15, 0.2) is 5.38 Å². The minimum atomic E-state index is -0.589. The molecule has 1 N–H and O–H groups in total. The first-order valence-electron chi connectivity index (χ1n) is 8.80. The molecule has 1 aromatic rings. The molecule has 0 unspecified atom stereocenters. The Kier molecular flexibility index (Phi) is 3.88. The lowest BCUT2D eigenvalue weighted by molar-refractivity contribution is -0.134. The van der Waals surface area contributed by atoms with Gasteiger partial charge in [-0.3, -0.25) is 9.69 Å². The lowest BCUT2D eigenvalue weighted by atomic mass is 9.87. The second-order valence-electron chi connectivity index (χ2n) is 7.32. The maximum atomic E-state index is 13.0. The molecule has 2 aliphatic carbocycles. The van der Waals surface area contributed by atoms with Crippen LogP contribution in [0.25, 0.3) is 0 Å². The summed E-state index contributed by atoms with van der Waals surface area (Å²) >= 11 is 1.66. The van der Waals surface area contributed by atoms with E-state index in [9.17, 15) is 9.59 Å². The average molecular weight is 348 g/mol. The van der Waals surface area contributed by atoms with Gasteiger partial charge in [0.05, 0.1) is 17.4 Å². The summed E-state index contributed by atoms with van der Waals surface area (Å²) in [6.45, 7) is 3.06. The zero-order chi connectivity index (χ0) is 16.9. The van der Waals surface area contributed by atoms with Crippen LogP contribution in [-0.4, -0.2) is 46.0 Å². The summed E-state index contributed by atoms with van der Waals surface area (Å²) in [5.74, 6) is 0.696. The maximum Gasteiger partial charge on any atom is 0.326 e. The van der Waals surface area contributed by atoms with Crippen molar-refractivity contribution in [3.8, 4) is 0 Å². The monoisotopic (exact) mass is 348 g/mol. The highest BCUT2D eigenvalue weighted by Gasteiger charge is 2.65. The molecule has 0 spiro atoms. The molecule has 3 amide bonds. The fraction of sp³-hybridized carbons (Fsp3) is 0.706. The number of aryl methyl sites for hydroxylation is 1. The molecule has 1 saturated heterocycles. The van der Waals surface area contributed by atoms with Crippen LogP contribution in [-0.2, 0) is 17.8 Å². The van der Waals surface area contributed by atoms with Crippen LogP contribution in [0.4, 0.5) is 4.79 Å². The van der Waals surface area contributed by atoms with Gasteiger partial charge in [0.25, 0.3) is 5.91 Å². The predicted molar refractivity (Wildman–Crippen MR) is 91.4 cm³/mol. The van der Waals surface area contributed by atoms with Crippen LogP contribution in [0, 0.1) is 11.8 Å². The second-order valence-corrected chi connectivity index (χ2v) is 8.27. The van der Waals surface area contributed by atoms with E-state index < -0.39 is 5.54 Å². The number of rotatable bonds is 7. The van der Waals surface area contributed by atoms with Crippen molar-refractivity contribution in [3.63, 3.8) is 0 Å². The summed E-state index contributed by atoms with van der Waals surface area (Å²) in [5.41, 5.74) is 0.413. The van der Waals surface area contributed by atoms with E-state index in [2.05, 4.69) is 22.6 Å². The first kappa shape index (κ1) is 16.0. The standard InChI is InChI=1S/C17H24N4O2S/c1-3-14-18-13(9-24-14)8-20(2)10-21-15(22)17(11-4-5-11,12-6-7-12)19-16(21)23/h9,11-12H,3-8,10H2,1-2H3,(H,19,23). The van der Waals surface area contributed by atoms with Crippen molar-refractivity contribution in [1.82, 2.24) is 20.1 Å². The number of imide groups is 1. The fourth-order valence-corrected chi connectivity index (χ4v) is 4.59. The van der Waals surface area contributed by atoms with Crippen LogP contribution < -0.4 is 5.32 Å². The molecule has 0 bridgehead atoms. The Hall–Kier alpha value is -1.47. The zero-order valence-corrected chi connectivity index (χ0v) is 15.1. The molecule has 3 aliphatic rings. The number of thiazole rings is 1. The van der Waals surface area contributed by atoms with E-state index in [0.29, 0.717) is 25.0 Å². The van der Waals surface area contributed by atoms with Crippen molar-refractivity contribution in [2.24, 2.45) is 11.8 Å². The lowest BCUT2D eigenvalue weighted by Gasteiger charge is -2.27. The fourth-order valence-electron chi connectivity index (χ4n) is 3.86. The van der Waals surface area contributed by atoms with Crippen molar-refractivity contribution < 1.29 is 9.59 Å². The van der Waals surface area contributed by atoms with Gasteiger partial charge >= 0.3 is 6.03 Å². The second kappa shape index (κ2) is 5.81. The van der Waals surface area contributed by atoms with Gasteiger partial charge in [-0.2, -0.15) is 0 Å². The van der Waals surface area contributed by atoms with Crippen LogP contribution in [0.1, 0.15) is 43.3 Å². The number of hydrogen-bond donors (Lipinski definition) is 1. The molecule has 0 aromatic carbocycles. The molecule has 0 radical (unpaired) electrons. The van der Waals surface area contributed by atoms with E-state index in [4.69, 9.17) is 0 Å². The highest BCUT2D eigenvalue weighted by atomic mass is 32.1. The molecule has 7 heteroatoms. The number of hydrogen-bond acceptors (Lipinski definition) is 5. The van der Waals surface area contributed by atoms with E-state index in [1.807, 2.05) is 11.9 Å². The van der Waals surface area contributed by atoms with E-state index >= 15 is 0 Å². The number of nitrogens with one attached hydrogen (secondary N) is 1. The van der Waals surface area contributed by atoms with Crippen LogP contribution in [0.5, 0.6) is 0 Å². The highest BCUT2D eigenvalue weighted by Crippen LogP contribution is 2.54. The predicted octanol–water partition coefficient (Wildman–Crippen LogP) is 2.21. The summed E-state index contributed by atoms with van der Waals surface area (Å²) in [5, 5.41) is 6.25. The topological polar surface area (TPSA) is 65.5 Å². The van der Waals surface area contributed by atoms with E-state index in [1.165, 1.54) is 4.90 Å². The molecule has 24 heavy (non-hydrogen) atoms. The Morgan fingerprint density at radius 1 is 1.33 bits per heavy atom. The number of amides is 3. The molecule has 0 atom stereocenters. The lowest BCUT2D eigenvalue weighted by Crippen LogP contribution is -2.51. The molecule has 1 aliphatic heterocycles. The van der Waals surface area contributed by atoms with Crippen molar-refractivity contribution in [2.75, 3.05) is 13.7 Å². The minimum absolute atomic E-state index is 0.00289. The Labute approximate surface area is 146 Å². The molecule has 1 aromatic heterocycles. The molecule has 4 rings (SSSR count). The molecule has 6 nitrogen and oxygen atoms in total.